The van der Waals surface area contributed by atoms with Gasteiger partial charge in [0.25, 0.3) is 0 Å². The van der Waals surface area contributed by atoms with Crippen molar-refractivity contribution in [2.45, 2.75) is 52.0 Å². The number of rotatable bonds is 7. The van der Waals surface area contributed by atoms with Crippen LogP contribution in [-0.2, 0) is 4.79 Å². The van der Waals surface area contributed by atoms with Crippen LogP contribution in [0.4, 0.5) is 0 Å². The van der Waals surface area contributed by atoms with Crippen LogP contribution in [-0.4, -0.2) is 55.6 Å². The molecule has 1 heterocycles. The van der Waals surface area contributed by atoms with E-state index in [0.717, 1.165) is 50.6 Å². The molecular weight excluding hydrogens is 479 g/mol. The minimum Gasteiger partial charge on any atom is -0.492 e. The van der Waals surface area contributed by atoms with E-state index in [1.165, 1.54) is 18.4 Å². The van der Waals surface area contributed by atoms with Crippen molar-refractivity contribution in [1.29, 1.82) is 0 Å². The molecule has 7 heteroatoms. The minimum atomic E-state index is 0. The molecule has 3 rings (SSSR count). The van der Waals surface area contributed by atoms with Crippen LogP contribution in [0.15, 0.2) is 29.3 Å². The number of aryl methyl sites for hydroxylation is 1. The van der Waals surface area contributed by atoms with Gasteiger partial charge in [-0.05, 0) is 45.2 Å². The summed E-state index contributed by atoms with van der Waals surface area (Å²) in [5.41, 5.74) is 1.22. The van der Waals surface area contributed by atoms with Crippen LogP contribution in [0, 0.1) is 12.8 Å². The molecule has 29 heavy (non-hydrogen) atoms. The lowest BCUT2D eigenvalue weighted by atomic mass is 10.1. The molecule has 1 aliphatic heterocycles. The van der Waals surface area contributed by atoms with E-state index in [1.807, 2.05) is 29.2 Å². The third-order valence-corrected chi connectivity index (χ3v) is 5.54. The molecule has 1 aromatic rings. The maximum atomic E-state index is 12.6. The van der Waals surface area contributed by atoms with E-state index in [-0.39, 0.29) is 35.9 Å². The average Bonchev–Trinajstić information content (AvgIpc) is 3.38. The molecule has 1 aromatic carbocycles. The second-order valence-corrected chi connectivity index (χ2v) is 7.82. The molecule has 1 saturated carbocycles. The number of hydrogen-bond acceptors (Lipinski definition) is 3. The molecular formula is C22H35IN4O2. The Morgan fingerprint density at radius 2 is 1.93 bits per heavy atom. The molecule has 1 unspecified atom stereocenters. The molecule has 1 atom stereocenters. The number of likely N-dealkylation sites (tertiary alicyclic amines) is 1. The van der Waals surface area contributed by atoms with E-state index in [4.69, 9.17) is 4.74 Å². The predicted molar refractivity (Wildman–Crippen MR) is 128 cm³/mol. The maximum Gasteiger partial charge on any atom is 0.225 e. The Labute approximate surface area is 191 Å². The predicted octanol–water partition coefficient (Wildman–Crippen LogP) is 3.34. The molecule has 2 aliphatic rings. The first-order valence-electron chi connectivity index (χ1n) is 10.7. The Hall–Kier alpha value is -1.51. The molecule has 0 bridgehead atoms. The van der Waals surface area contributed by atoms with Gasteiger partial charge in [0, 0.05) is 31.6 Å². The summed E-state index contributed by atoms with van der Waals surface area (Å²) in [5, 5.41) is 6.78. The molecule has 162 valence electrons. The molecule has 0 radical (unpaired) electrons. The van der Waals surface area contributed by atoms with Gasteiger partial charge in [0.15, 0.2) is 5.96 Å². The van der Waals surface area contributed by atoms with Crippen molar-refractivity contribution >= 4 is 35.8 Å². The Morgan fingerprint density at radius 3 is 2.62 bits per heavy atom. The number of nitrogens with zero attached hydrogens (tertiary/aromatic N) is 2. The van der Waals surface area contributed by atoms with E-state index < -0.39 is 0 Å². The zero-order valence-electron chi connectivity index (χ0n) is 17.7. The Balaban J connectivity index is 0.00000300. The van der Waals surface area contributed by atoms with Crippen LogP contribution < -0.4 is 15.4 Å². The van der Waals surface area contributed by atoms with E-state index in [0.29, 0.717) is 19.1 Å². The number of carbonyl (C=O) groups excluding carboxylic acids is 1. The van der Waals surface area contributed by atoms with Crippen LogP contribution >= 0.6 is 24.0 Å². The van der Waals surface area contributed by atoms with E-state index in [1.54, 1.807) is 0 Å². The molecule has 2 N–H and O–H groups in total. The lowest BCUT2D eigenvalue weighted by molar-refractivity contribution is -0.134. The second-order valence-electron chi connectivity index (χ2n) is 7.82. The first-order chi connectivity index (χ1) is 13.7. The number of halogens is 1. The van der Waals surface area contributed by atoms with Crippen molar-refractivity contribution in [3.8, 4) is 5.75 Å². The molecule has 0 spiro atoms. The number of guanidine groups is 1. The quantitative estimate of drug-likeness (QED) is 0.254. The number of hydrogen-bond donors (Lipinski definition) is 2. The largest absolute Gasteiger partial charge is 0.492 e. The Morgan fingerprint density at radius 1 is 1.21 bits per heavy atom. The van der Waals surface area contributed by atoms with E-state index >= 15 is 0 Å². The van der Waals surface area contributed by atoms with Crippen LogP contribution in [0.25, 0.3) is 0 Å². The standard InChI is InChI=1S/C22H34N4O2.HI/c1-3-23-22(24-13-15-28-20-10-8-17(2)9-11-20)25-19-12-14-26(16-19)21(27)18-6-4-5-7-18;/h8-11,18-19H,3-7,12-16H2,1-2H3,(H2,23,24,25);1H. The minimum absolute atomic E-state index is 0. The van der Waals surface area contributed by atoms with Gasteiger partial charge >= 0.3 is 0 Å². The summed E-state index contributed by atoms with van der Waals surface area (Å²) in [7, 11) is 0. The van der Waals surface area contributed by atoms with Crippen molar-refractivity contribution in [3.05, 3.63) is 29.8 Å². The summed E-state index contributed by atoms with van der Waals surface area (Å²) in [5.74, 6) is 2.29. The monoisotopic (exact) mass is 514 g/mol. The van der Waals surface area contributed by atoms with Crippen LogP contribution in [0.2, 0.25) is 0 Å². The molecule has 1 saturated heterocycles. The van der Waals surface area contributed by atoms with Crippen LogP contribution in [0.5, 0.6) is 5.75 Å². The van der Waals surface area contributed by atoms with Crippen molar-refractivity contribution in [2.24, 2.45) is 10.9 Å². The van der Waals surface area contributed by atoms with Gasteiger partial charge in [0.1, 0.15) is 12.4 Å². The first-order valence-corrected chi connectivity index (χ1v) is 10.7. The van der Waals surface area contributed by atoms with Crippen molar-refractivity contribution in [1.82, 2.24) is 15.5 Å². The summed E-state index contributed by atoms with van der Waals surface area (Å²) in [6.45, 7) is 7.68. The van der Waals surface area contributed by atoms with Crippen molar-refractivity contribution < 1.29 is 9.53 Å². The number of aliphatic imine (C=N–C) groups is 1. The van der Waals surface area contributed by atoms with Gasteiger partial charge in [-0.3, -0.25) is 4.79 Å². The van der Waals surface area contributed by atoms with Crippen LogP contribution in [0.3, 0.4) is 0 Å². The lowest BCUT2D eigenvalue weighted by Crippen LogP contribution is -2.45. The Kier molecular flexibility index (Phi) is 10.0. The van der Waals surface area contributed by atoms with Gasteiger partial charge in [-0.25, -0.2) is 4.99 Å². The topological polar surface area (TPSA) is 66.0 Å². The average molecular weight is 514 g/mol. The number of ether oxygens (including phenoxy) is 1. The van der Waals surface area contributed by atoms with Gasteiger partial charge in [-0.1, -0.05) is 30.5 Å². The third kappa shape index (κ3) is 7.35. The number of carbonyl (C=O) groups is 1. The molecule has 2 fully saturated rings. The smallest absolute Gasteiger partial charge is 0.225 e. The number of benzene rings is 1. The van der Waals surface area contributed by atoms with E-state index in [9.17, 15) is 4.79 Å². The first kappa shape index (κ1) is 23.8. The SMILES string of the molecule is CCNC(=NCCOc1ccc(C)cc1)NC1CCN(C(=O)C2CCCC2)C1.I. The maximum absolute atomic E-state index is 12.6. The van der Waals surface area contributed by atoms with Crippen molar-refractivity contribution in [2.75, 3.05) is 32.8 Å². The van der Waals surface area contributed by atoms with Gasteiger partial charge in [0.05, 0.1) is 6.54 Å². The summed E-state index contributed by atoms with van der Waals surface area (Å²) in [4.78, 5) is 19.3. The van der Waals surface area contributed by atoms with Gasteiger partial charge in [-0.2, -0.15) is 0 Å². The Bertz CT molecular complexity index is 659. The second kappa shape index (κ2) is 12.2. The zero-order valence-corrected chi connectivity index (χ0v) is 20.0. The molecule has 0 aromatic heterocycles. The summed E-state index contributed by atoms with van der Waals surface area (Å²) in [6.07, 6.45) is 5.52. The number of amides is 1. The highest BCUT2D eigenvalue weighted by Crippen LogP contribution is 2.27. The molecule has 6 nitrogen and oxygen atoms in total. The lowest BCUT2D eigenvalue weighted by Gasteiger charge is -2.21. The third-order valence-electron chi connectivity index (χ3n) is 5.54. The number of nitrogens with one attached hydrogen (secondary N) is 2. The highest BCUT2D eigenvalue weighted by atomic mass is 127. The van der Waals surface area contributed by atoms with Gasteiger partial charge < -0.3 is 20.3 Å². The summed E-state index contributed by atoms with van der Waals surface area (Å²) < 4.78 is 5.75. The fourth-order valence-electron chi connectivity index (χ4n) is 3.98. The summed E-state index contributed by atoms with van der Waals surface area (Å²) >= 11 is 0. The fourth-order valence-corrected chi connectivity index (χ4v) is 3.98. The highest BCUT2D eigenvalue weighted by molar-refractivity contribution is 14.0. The summed E-state index contributed by atoms with van der Waals surface area (Å²) in [6, 6.07) is 8.32. The highest BCUT2D eigenvalue weighted by Gasteiger charge is 2.32. The van der Waals surface area contributed by atoms with Crippen LogP contribution in [0.1, 0.15) is 44.6 Å². The van der Waals surface area contributed by atoms with Gasteiger partial charge in [-0.15, -0.1) is 24.0 Å². The fraction of sp³-hybridized carbons (Fsp3) is 0.636. The van der Waals surface area contributed by atoms with Gasteiger partial charge in [0.2, 0.25) is 5.91 Å². The van der Waals surface area contributed by atoms with Crippen molar-refractivity contribution in [3.63, 3.8) is 0 Å². The van der Waals surface area contributed by atoms with E-state index in [2.05, 4.69) is 29.5 Å². The normalized spacial score (nSPS) is 19.7. The zero-order chi connectivity index (χ0) is 19.8. The molecule has 1 aliphatic carbocycles. The molecule has 1 amide bonds.